The Morgan fingerprint density at radius 2 is 1.65 bits per heavy atom. The van der Waals surface area contributed by atoms with E-state index in [2.05, 4.69) is 20.1 Å². The van der Waals surface area contributed by atoms with Gasteiger partial charge in [0, 0.05) is 56.1 Å². The average molecular weight is 607 g/mol. The SMILES string of the molecule is NC(=O)[C@H](Cc1c(Sc2ccccc2[N+](=O)[O-])[nH]c2ccccc12)NC(=O)[C@@H](N)CCN=C(N1CCCC1)N1CCCC1. The quantitative estimate of drug-likeness (QED) is 0.111. The van der Waals surface area contributed by atoms with E-state index in [0.29, 0.717) is 22.9 Å². The summed E-state index contributed by atoms with van der Waals surface area (Å²) < 4.78 is 0. The van der Waals surface area contributed by atoms with Crippen LogP contribution in [0, 0.1) is 10.1 Å². The van der Waals surface area contributed by atoms with E-state index in [1.807, 2.05) is 24.3 Å². The molecule has 2 amide bonds. The summed E-state index contributed by atoms with van der Waals surface area (Å²) in [7, 11) is 0. The Kier molecular flexibility index (Phi) is 9.82. The number of nitro benzene ring substituents is 1. The van der Waals surface area contributed by atoms with Crippen LogP contribution in [-0.2, 0) is 16.0 Å². The number of H-pyrrole nitrogens is 1. The van der Waals surface area contributed by atoms with Gasteiger partial charge in [-0.05, 0) is 49.8 Å². The number of amides is 2. The molecule has 1 aromatic heterocycles. The van der Waals surface area contributed by atoms with E-state index in [0.717, 1.165) is 74.3 Å². The van der Waals surface area contributed by atoms with E-state index in [9.17, 15) is 19.7 Å². The third kappa shape index (κ3) is 7.28. The van der Waals surface area contributed by atoms with Crippen LogP contribution in [0.1, 0.15) is 37.7 Å². The number of para-hydroxylation sites is 2. The molecule has 13 heteroatoms. The Hall–Kier alpha value is -4.10. The number of nitro groups is 1. The van der Waals surface area contributed by atoms with Gasteiger partial charge >= 0.3 is 0 Å². The predicted molar refractivity (Wildman–Crippen MR) is 167 cm³/mol. The number of guanidine groups is 1. The number of aliphatic imine (C=N–C) groups is 1. The van der Waals surface area contributed by atoms with Crippen LogP contribution >= 0.6 is 11.8 Å². The number of nitrogens with two attached hydrogens (primary N) is 2. The van der Waals surface area contributed by atoms with Crippen molar-refractivity contribution >= 4 is 46.1 Å². The number of likely N-dealkylation sites (tertiary alicyclic amines) is 2. The van der Waals surface area contributed by atoms with Gasteiger partial charge < -0.3 is 31.6 Å². The molecule has 12 nitrogen and oxygen atoms in total. The van der Waals surface area contributed by atoms with Gasteiger partial charge in [-0.15, -0.1) is 0 Å². The normalized spacial score (nSPS) is 16.3. The Balaban J connectivity index is 1.29. The van der Waals surface area contributed by atoms with Crippen LogP contribution < -0.4 is 16.8 Å². The molecule has 0 radical (unpaired) electrons. The molecule has 6 N–H and O–H groups in total. The molecule has 0 unspecified atom stereocenters. The van der Waals surface area contributed by atoms with Gasteiger partial charge in [0.1, 0.15) is 6.04 Å². The fourth-order valence-electron chi connectivity index (χ4n) is 5.64. The molecular weight excluding hydrogens is 568 g/mol. The second-order valence-electron chi connectivity index (χ2n) is 10.9. The predicted octanol–water partition coefficient (Wildman–Crippen LogP) is 3.00. The summed E-state index contributed by atoms with van der Waals surface area (Å²) in [5.74, 6) is -0.174. The van der Waals surface area contributed by atoms with Crippen molar-refractivity contribution in [3.63, 3.8) is 0 Å². The van der Waals surface area contributed by atoms with Gasteiger partial charge in [0.2, 0.25) is 11.8 Å². The number of benzene rings is 2. The molecule has 0 saturated carbocycles. The molecule has 0 aliphatic carbocycles. The number of aromatic nitrogens is 1. The third-order valence-electron chi connectivity index (χ3n) is 7.92. The van der Waals surface area contributed by atoms with Gasteiger partial charge in [-0.1, -0.05) is 42.1 Å². The second-order valence-corrected chi connectivity index (χ2v) is 12.0. The molecule has 43 heavy (non-hydrogen) atoms. The molecular formula is C30H38N8O4S. The largest absolute Gasteiger partial charge is 0.368 e. The van der Waals surface area contributed by atoms with E-state index in [4.69, 9.17) is 16.5 Å². The number of primary amides is 1. The van der Waals surface area contributed by atoms with E-state index in [-0.39, 0.29) is 12.1 Å². The Labute approximate surface area is 254 Å². The van der Waals surface area contributed by atoms with E-state index in [1.54, 1.807) is 18.2 Å². The zero-order valence-electron chi connectivity index (χ0n) is 24.0. The van der Waals surface area contributed by atoms with E-state index < -0.39 is 28.8 Å². The van der Waals surface area contributed by atoms with Crippen molar-refractivity contribution in [2.75, 3.05) is 32.7 Å². The molecule has 2 atom stereocenters. The van der Waals surface area contributed by atoms with Crippen molar-refractivity contribution in [1.82, 2.24) is 20.1 Å². The first-order valence-corrected chi connectivity index (χ1v) is 15.5. The van der Waals surface area contributed by atoms with Crippen LogP contribution in [0.2, 0.25) is 0 Å². The van der Waals surface area contributed by atoms with Crippen LogP contribution in [-0.4, -0.2) is 82.3 Å². The first-order valence-electron chi connectivity index (χ1n) is 14.7. The van der Waals surface area contributed by atoms with Crippen molar-refractivity contribution in [1.29, 1.82) is 0 Å². The summed E-state index contributed by atoms with van der Waals surface area (Å²) >= 11 is 1.20. The van der Waals surface area contributed by atoms with Crippen LogP contribution in [0.5, 0.6) is 0 Å². The summed E-state index contributed by atoms with van der Waals surface area (Å²) in [4.78, 5) is 50.1. The smallest absolute Gasteiger partial charge is 0.283 e. The number of fused-ring (bicyclic) bond motifs is 1. The van der Waals surface area contributed by atoms with Gasteiger partial charge in [0.15, 0.2) is 5.96 Å². The van der Waals surface area contributed by atoms with E-state index in [1.165, 1.54) is 17.8 Å². The molecule has 2 saturated heterocycles. The number of hydrogen-bond donors (Lipinski definition) is 4. The van der Waals surface area contributed by atoms with Gasteiger partial charge in [-0.3, -0.25) is 24.7 Å². The van der Waals surface area contributed by atoms with Crippen LogP contribution in [0.3, 0.4) is 0 Å². The van der Waals surface area contributed by atoms with Crippen molar-refractivity contribution in [2.45, 2.75) is 60.5 Å². The minimum atomic E-state index is -1.03. The maximum atomic E-state index is 13.1. The molecule has 0 spiro atoms. The topological polar surface area (TPSA) is 176 Å². The first-order chi connectivity index (χ1) is 20.8. The number of aromatic amines is 1. The lowest BCUT2D eigenvalue weighted by Crippen LogP contribution is -2.51. The van der Waals surface area contributed by atoms with E-state index >= 15 is 0 Å². The molecule has 3 heterocycles. The molecule has 2 aliphatic rings. The number of carbonyl (C=O) groups is 2. The number of nitrogens with one attached hydrogen (secondary N) is 2. The monoisotopic (exact) mass is 606 g/mol. The minimum Gasteiger partial charge on any atom is -0.368 e. The highest BCUT2D eigenvalue weighted by molar-refractivity contribution is 7.99. The summed E-state index contributed by atoms with van der Waals surface area (Å²) in [5, 5.41) is 15.8. The number of rotatable bonds is 11. The third-order valence-corrected chi connectivity index (χ3v) is 9.04. The molecule has 3 aromatic rings. The number of nitrogens with zero attached hydrogens (tertiary/aromatic N) is 4. The second kappa shape index (κ2) is 13.9. The molecule has 2 aromatic carbocycles. The van der Waals surface area contributed by atoms with Crippen LogP contribution in [0.15, 0.2) is 63.4 Å². The summed E-state index contributed by atoms with van der Waals surface area (Å²) in [6.07, 6.45) is 5.04. The Bertz CT molecular complexity index is 1480. The number of hydrogen-bond acceptors (Lipinski definition) is 7. The summed E-state index contributed by atoms with van der Waals surface area (Å²) in [6, 6.07) is 12.1. The van der Waals surface area contributed by atoms with Gasteiger partial charge in [-0.25, -0.2) is 0 Å². The maximum absolute atomic E-state index is 13.1. The summed E-state index contributed by atoms with van der Waals surface area (Å²) in [5.41, 5.74) is 13.5. The first kappa shape index (κ1) is 30.4. The van der Waals surface area contributed by atoms with Crippen molar-refractivity contribution < 1.29 is 14.5 Å². The van der Waals surface area contributed by atoms with Gasteiger partial charge in [0.05, 0.1) is 20.9 Å². The molecule has 2 aliphatic heterocycles. The highest BCUT2D eigenvalue weighted by atomic mass is 32.2. The molecule has 2 fully saturated rings. The lowest BCUT2D eigenvalue weighted by atomic mass is 10.0. The Morgan fingerprint density at radius 3 is 2.30 bits per heavy atom. The highest BCUT2D eigenvalue weighted by Gasteiger charge is 2.27. The van der Waals surface area contributed by atoms with Crippen LogP contribution in [0.25, 0.3) is 10.9 Å². The zero-order valence-corrected chi connectivity index (χ0v) is 24.9. The average Bonchev–Trinajstić information content (AvgIpc) is 3.78. The lowest BCUT2D eigenvalue weighted by molar-refractivity contribution is -0.387. The molecule has 0 bridgehead atoms. The van der Waals surface area contributed by atoms with Crippen molar-refractivity contribution in [2.24, 2.45) is 16.5 Å². The summed E-state index contributed by atoms with van der Waals surface area (Å²) in [6.45, 7) is 4.38. The highest BCUT2D eigenvalue weighted by Crippen LogP contribution is 2.39. The fraction of sp³-hybridized carbons (Fsp3) is 0.433. The fourth-order valence-corrected chi connectivity index (χ4v) is 6.74. The lowest BCUT2D eigenvalue weighted by Gasteiger charge is -2.28. The van der Waals surface area contributed by atoms with Gasteiger partial charge in [-0.2, -0.15) is 0 Å². The zero-order chi connectivity index (χ0) is 30.3. The molecule has 5 rings (SSSR count). The van der Waals surface area contributed by atoms with Crippen molar-refractivity contribution in [3.05, 3.63) is 64.2 Å². The standard InChI is InChI=1S/C30H38N8O4S/c31-22(13-14-33-30(36-15-5-6-16-36)37-17-7-8-18-37)28(40)34-24(27(32)39)19-21-20-9-1-2-10-23(20)35-29(21)43-26-12-4-3-11-25(26)38(41)42/h1-4,9-12,22,24,35H,5-8,13-19,31H2,(H2,32,39)(H,34,40)/t22-,24-/m0/s1. The molecule has 228 valence electrons. The van der Waals surface area contributed by atoms with Gasteiger partial charge in [0.25, 0.3) is 5.69 Å². The van der Waals surface area contributed by atoms with Crippen LogP contribution in [0.4, 0.5) is 5.69 Å². The Morgan fingerprint density at radius 1 is 1.02 bits per heavy atom. The minimum absolute atomic E-state index is 0.0249. The van der Waals surface area contributed by atoms with Crippen molar-refractivity contribution in [3.8, 4) is 0 Å². The maximum Gasteiger partial charge on any atom is 0.283 e. The number of carbonyl (C=O) groups excluding carboxylic acids is 2.